The van der Waals surface area contributed by atoms with E-state index in [1.54, 1.807) is 0 Å². The number of nitrogens with two attached hydrogens (primary N) is 1. The lowest BCUT2D eigenvalue weighted by atomic mass is 9.76. The van der Waals surface area contributed by atoms with Crippen molar-refractivity contribution in [2.24, 2.45) is 29.5 Å². The highest BCUT2D eigenvalue weighted by molar-refractivity contribution is 4.97. The summed E-state index contributed by atoms with van der Waals surface area (Å²) >= 11 is 0. The zero-order chi connectivity index (χ0) is 11.7. The van der Waals surface area contributed by atoms with Gasteiger partial charge in [-0.1, -0.05) is 32.1 Å². The molecule has 0 aliphatic heterocycles. The standard InChI is InChI=1S/C15H28N2/c16-17-15(12-5-3-1-2-4-6-12)14-10-11-7-8-13(14)9-11/h11-15,17H,1-10,16H2. The Morgan fingerprint density at radius 2 is 1.65 bits per heavy atom. The van der Waals surface area contributed by atoms with Gasteiger partial charge in [0.25, 0.3) is 0 Å². The third-order valence-corrected chi connectivity index (χ3v) is 5.85. The fourth-order valence-electron chi connectivity index (χ4n) is 5.01. The maximum absolute atomic E-state index is 5.92. The monoisotopic (exact) mass is 236 g/mol. The molecule has 0 radical (unpaired) electrons. The van der Waals surface area contributed by atoms with E-state index < -0.39 is 0 Å². The Balaban J connectivity index is 1.65. The first kappa shape index (κ1) is 12.0. The molecule has 4 unspecified atom stereocenters. The molecule has 0 aromatic heterocycles. The van der Waals surface area contributed by atoms with Crippen LogP contribution in [0, 0.1) is 23.7 Å². The molecule has 3 N–H and O–H groups in total. The predicted molar refractivity (Wildman–Crippen MR) is 71.2 cm³/mol. The number of rotatable bonds is 3. The lowest BCUT2D eigenvalue weighted by Crippen LogP contribution is -2.47. The molecule has 2 bridgehead atoms. The summed E-state index contributed by atoms with van der Waals surface area (Å²) < 4.78 is 0. The third kappa shape index (κ3) is 2.39. The third-order valence-electron chi connectivity index (χ3n) is 5.85. The average Bonchev–Trinajstić information content (AvgIpc) is 2.86. The molecule has 0 aromatic rings. The first-order valence-corrected chi connectivity index (χ1v) is 7.84. The van der Waals surface area contributed by atoms with Crippen molar-refractivity contribution in [2.45, 2.75) is 70.3 Å². The van der Waals surface area contributed by atoms with Crippen molar-refractivity contribution in [3.8, 4) is 0 Å². The molecule has 2 nitrogen and oxygen atoms in total. The smallest absolute Gasteiger partial charge is 0.0269 e. The van der Waals surface area contributed by atoms with Gasteiger partial charge in [-0.25, -0.2) is 0 Å². The van der Waals surface area contributed by atoms with E-state index in [2.05, 4.69) is 5.43 Å². The molecular weight excluding hydrogens is 208 g/mol. The van der Waals surface area contributed by atoms with Gasteiger partial charge in [-0.05, 0) is 55.8 Å². The van der Waals surface area contributed by atoms with Crippen molar-refractivity contribution in [3.05, 3.63) is 0 Å². The second kappa shape index (κ2) is 5.27. The number of fused-ring (bicyclic) bond motifs is 2. The van der Waals surface area contributed by atoms with Gasteiger partial charge in [0.05, 0.1) is 0 Å². The summed E-state index contributed by atoms with van der Waals surface area (Å²) in [5.74, 6) is 9.74. The molecule has 3 fully saturated rings. The Morgan fingerprint density at radius 1 is 0.882 bits per heavy atom. The molecule has 3 aliphatic rings. The number of nitrogens with one attached hydrogen (secondary N) is 1. The largest absolute Gasteiger partial charge is 0.271 e. The van der Waals surface area contributed by atoms with Gasteiger partial charge < -0.3 is 0 Å². The van der Waals surface area contributed by atoms with Crippen molar-refractivity contribution in [3.63, 3.8) is 0 Å². The zero-order valence-corrected chi connectivity index (χ0v) is 11.0. The van der Waals surface area contributed by atoms with Gasteiger partial charge in [-0.2, -0.15) is 0 Å². The van der Waals surface area contributed by atoms with Crippen LogP contribution in [0.1, 0.15) is 64.2 Å². The van der Waals surface area contributed by atoms with E-state index in [-0.39, 0.29) is 0 Å². The Bertz CT molecular complexity index is 245. The molecule has 0 aromatic carbocycles. The van der Waals surface area contributed by atoms with Crippen LogP contribution in [0.25, 0.3) is 0 Å². The minimum Gasteiger partial charge on any atom is -0.271 e. The quantitative estimate of drug-likeness (QED) is 0.448. The van der Waals surface area contributed by atoms with E-state index in [1.807, 2.05) is 0 Å². The van der Waals surface area contributed by atoms with Crippen LogP contribution < -0.4 is 11.3 Å². The molecule has 0 spiro atoms. The summed E-state index contributed by atoms with van der Waals surface area (Å²) in [7, 11) is 0. The highest BCUT2D eigenvalue weighted by Crippen LogP contribution is 2.51. The molecule has 0 heterocycles. The van der Waals surface area contributed by atoms with Crippen LogP contribution in [0.3, 0.4) is 0 Å². The van der Waals surface area contributed by atoms with Gasteiger partial charge in [0.15, 0.2) is 0 Å². The molecule has 3 saturated carbocycles. The van der Waals surface area contributed by atoms with Gasteiger partial charge in [0.2, 0.25) is 0 Å². The summed E-state index contributed by atoms with van der Waals surface area (Å²) in [6.07, 6.45) is 14.6. The van der Waals surface area contributed by atoms with Gasteiger partial charge in [-0.3, -0.25) is 11.3 Å². The van der Waals surface area contributed by atoms with Crippen LogP contribution in [-0.4, -0.2) is 6.04 Å². The summed E-state index contributed by atoms with van der Waals surface area (Å²) in [6, 6.07) is 0.628. The maximum atomic E-state index is 5.92. The highest BCUT2D eigenvalue weighted by Gasteiger charge is 2.44. The second-order valence-corrected chi connectivity index (χ2v) is 6.78. The normalized spacial score (nSPS) is 40.4. The van der Waals surface area contributed by atoms with Crippen LogP contribution in [0.5, 0.6) is 0 Å². The number of hydrogen-bond acceptors (Lipinski definition) is 2. The average molecular weight is 236 g/mol. The van der Waals surface area contributed by atoms with Crippen molar-refractivity contribution in [1.82, 2.24) is 5.43 Å². The zero-order valence-electron chi connectivity index (χ0n) is 11.0. The van der Waals surface area contributed by atoms with Crippen LogP contribution in [0.15, 0.2) is 0 Å². The summed E-state index contributed by atoms with van der Waals surface area (Å²) in [6.45, 7) is 0. The highest BCUT2D eigenvalue weighted by atomic mass is 15.2. The summed E-state index contributed by atoms with van der Waals surface area (Å²) in [5, 5.41) is 0. The molecule has 4 atom stereocenters. The minimum absolute atomic E-state index is 0.628. The lowest BCUT2D eigenvalue weighted by molar-refractivity contribution is 0.179. The van der Waals surface area contributed by atoms with Gasteiger partial charge in [-0.15, -0.1) is 0 Å². The van der Waals surface area contributed by atoms with Crippen molar-refractivity contribution in [1.29, 1.82) is 0 Å². The van der Waals surface area contributed by atoms with Crippen LogP contribution in [-0.2, 0) is 0 Å². The van der Waals surface area contributed by atoms with E-state index in [0.29, 0.717) is 6.04 Å². The van der Waals surface area contributed by atoms with Crippen molar-refractivity contribution < 1.29 is 0 Å². The Kier molecular flexibility index (Phi) is 3.72. The maximum Gasteiger partial charge on any atom is 0.0269 e. The van der Waals surface area contributed by atoms with Crippen LogP contribution in [0.2, 0.25) is 0 Å². The summed E-state index contributed by atoms with van der Waals surface area (Å²) in [5.41, 5.74) is 3.23. The molecule has 98 valence electrons. The first-order chi connectivity index (χ1) is 8.38. The Hall–Kier alpha value is -0.0800. The van der Waals surface area contributed by atoms with E-state index in [1.165, 1.54) is 64.2 Å². The number of hydrazine groups is 1. The van der Waals surface area contributed by atoms with Gasteiger partial charge in [0, 0.05) is 6.04 Å². The summed E-state index contributed by atoms with van der Waals surface area (Å²) in [4.78, 5) is 0. The number of hydrogen-bond donors (Lipinski definition) is 2. The predicted octanol–water partition coefficient (Wildman–Crippen LogP) is 3.22. The van der Waals surface area contributed by atoms with Gasteiger partial charge in [0.1, 0.15) is 0 Å². The Labute approximate surface area is 106 Å². The molecule has 2 heteroatoms. The molecule has 0 saturated heterocycles. The first-order valence-electron chi connectivity index (χ1n) is 7.84. The molecule has 3 rings (SSSR count). The minimum atomic E-state index is 0.628. The molecule has 17 heavy (non-hydrogen) atoms. The molecular formula is C15H28N2. The van der Waals surface area contributed by atoms with Crippen molar-refractivity contribution >= 4 is 0 Å². The van der Waals surface area contributed by atoms with E-state index in [4.69, 9.17) is 5.84 Å². The second-order valence-electron chi connectivity index (χ2n) is 6.78. The van der Waals surface area contributed by atoms with E-state index in [0.717, 1.165) is 23.7 Å². The van der Waals surface area contributed by atoms with Gasteiger partial charge >= 0.3 is 0 Å². The van der Waals surface area contributed by atoms with Crippen molar-refractivity contribution in [2.75, 3.05) is 0 Å². The molecule has 3 aliphatic carbocycles. The fraction of sp³-hybridized carbons (Fsp3) is 1.00. The van der Waals surface area contributed by atoms with E-state index >= 15 is 0 Å². The SMILES string of the molecule is NNC(C1CCCCCC1)C1CC2CCC1C2. The van der Waals surface area contributed by atoms with E-state index in [9.17, 15) is 0 Å². The fourth-order valence-corrected chi connectivity index (χ4v) is 5.01. The molecule has 0 amide bonds. The topological polar surface area (TPSA) is 38.0 Å². The Morgan fingerprint density at radius 3 is 2.18 bits per heavy atom. The van der Waals surface area contributed by atoms with Crippen LogP contribution >= 0.6 is 0 Å². The van der Waals surface area contributed by atoms with Crippen LogP contribution in [0.4, 0.5) is 0 Å². The lowest BCUT2D eigenvalue weighted by Gasteiger charge is -2.35.